The van der Waals surface area contributed by atoms with E-state index >= 15 is 0 Å². The number of nitrogens with one attached hydrogen (secondary N) is 1. The summed E-state index contributed by atoms with van der Waals surface area (Å²) in [5.41, 5.74) is 2.51. The first-order valence-corrected chi connectivity index (χ1v) is 14.9. The third kappa shape index (κ3) is 5.48. The molecule has 0 aliphatic carbocycles. The lowest BCUT2D eigenvalue weighted by molar-refractivity contribution is -0.134. The number of rotatable bonds is 7. The quantitative estimate of drug-likeness (QED) is 0.441. The number of carbonyl (C=O) groups is 3. The van der Waals surface area contributed by atoms with E-state index in [4.69, 9.17) is 9.47 Å². The largest absolute Gasteiger partial charge is 0.454 e. The Morgan fingerprint density at radius 2 is 1.83 bits per heavy atom. The van der Waals surface area contributed by atoms with E-state index in [-0.39, 0.29) is 44.3 Å². The molecule has 2 unspecified atom stereocenters. The second-order valence-electron chi connectivity index (χ2n) is 11.1. The van der Waals surface area contributed by atoms with E-state index in [9.17, 15) is 14.4 Å². The van der Waals surface area contributed by atoms with E-state index in [1.165, 1.54) is 11.3 Å². The summed E-state index contributed by atoms with van der Waals surface area (Å²) in [5.74, 6) is 1.24. The average Bonchev–Trinajstić information content (AvgIpc) is 3.62. The Bertz CT molecular complexity index is 1440. The highest BCUT2D eigenvalue weighted by Gasteiger charge is 2.47. The molecule has 0 saturated carbocycles. The van der Waals surface area contributed by atoms with Gasteiger partial charge in [-0.05, 0) is 53.5 Å². The number of amides is 4. The summed E-state index contributed by atoms with van der Waals surface area (Å²) in [5, 5.41) is 4.88. The zero-order chi connectivity index (χ0) is 28.5. The van der Waals surface area contributed by atoms with Gasteiger partial charge in [0, 0.05) is 19.6 Å². The molecule has 3 aromatic rings. The van der Waals surface area contributed by atoms with Gasteiger partial charge in [-0.15, -0.1) is 11.3 Å². The number of fused-ring (bicyclic) bond motifs is 3. The van der Waals surface area contributed by atoms with Gasteiger partial charge in [-0.1, -0.05) is 50.2 Å². The number of urea groups is 1. The minimum atomic E-state index is -0.613. The van der Waals surface area contributed by atoms with Gasteiger partial charge in [0.15, 0.2) is 11.5 Å². The highest BCUT2D eigenvalue weighted by atomic mass is 32.1. The average molecular weight is 575 g/mol. The van der Waals surface area contributed by atoms with Gasteiger partial charge >= 0.3 is 6.03 Å². The predicted octanol–water partition coefficient (Wildman–Crippen LogP) is 4.72. The molecular formula is C31H34N4O5S. The molecule has 1 saturated heterocycles. The van der Waals surface area contributed by atoms with E-state index in [0.717, 1.165) is 17.5 Å². The van der Waals surface area contributed by atoms with Crippen LogP contribution in [0.15, 0.2) is 60.0 Å². The van der Waals surface area contributed by atoms with Crippen LogP contribution >= 0.6 is 11.3 Å². The molecule has 3 aliphatic rings. The molecule has 214 valence electrons. The first kappa shape index (κ1) is 27.1. The van der Waals surface area contributed by atoms with Gasteiger partial charge in [-0.25, -0.2) is 4.79 Å². The molecule has 1 fully saturated rings. The normalized spacial score (nSPS) is 19.7. The van der Waals surface area contributed by atoms with Crippen LogP contribution in [0, 0.1) is 11.8 Å². The number of ether oxygens (including phenoxy) is 2. The second-order valence-corrected chi connectivity index (χ2v) is 12.1. The molecule has 2 aromatic carbocycles. The maximum Gasteiger partial charge on any atom is 0.323 e. The third-order valence-electron chi connectivity index (χ3n) is 7.88. The molecule has 41 heavy (non-hydrogen) atoms. The highest BCUT2D eigenvalue weighted by molar-refractivity contribution is 7.12. The summed E-state index contributed by atoms with van der Waals surface area (Å²) in [4.78, 5) is 47.4. The lowest BCUT2D eigenvalue weighted by Crippen LogP contribution is -2.61. The zero-order valence-corrected chi connectivity index (χ0v) is 24.1. The molecule has 0 bridgehead atoms. The van der Waals surface area contributed by atoms with E-state index in [1.54, 1.807) is 9.80 Å². The van der Waals surface area contributed by atoms with Crippen molar-refractivity contribution >= 4 is 34.9 Å². The molecule has 6 rings (SSSR count). The molecule has 3 aliphatic heterocycles. The van der Waals surface area contributed by atoms with Crippen LogP contribution in [0.3, 0.4) is 0 Å². The Hall–Kier alpha value is -4.05. The predicted molar refractivity (Wildman–Crippen MR) is 156 cm³/mol. The standard InChI is InChI=1S/C31H34N4O5S/c1-20(2)10-12-33-18-27-34(17-23(29(33)36)14-21-6-4-3-5-7-21)30(37)28-24(11-13-41-28)35(27)31(38)32-16-22-8-9-25-26(15-22)40-19-39-25/h3-9,11,13,15,20,23,27H,10,12,14,16-19H2,1-2H3,(H,32,38). The summed E-state index contributed by atoms with van der Waals surface area (Å²) in [6, 6.07) is 17.0. The van der Waals surface area contributed by atoms with Gasteiger partial charge in [0.1, 0.15) is 11.0 Å². The number of nitrogens with zero attached hydrogens (tertiary/aromatic N) is 3. The zero-order valence-electron chi connectivity index (χ0n) is 23.2. The molecule has 10 heteroatoms. The fraction of sp³-hybridized carbons (Fsp3) is 0.387. The number of anilines is 1. The minimum Gasteiger partial charge on any atom is -0.454 e. The first-order valence-electron chi connectivity index (χ1n) is 14.1. The molecular weight excluding hydrogens is 540 g/mol. The molecule has 0 spiro atoms. The van der Waals surface area contributed by atoms with Crippen molar-refractivity contribution < 1.29 is 23.9 Å². The highest BCUT2D eigenvalue weighted by Crippen LogP contribution is 2.38. The van der Waals surface area contributed by atoms with Gasteiger partial charge in [0.25, 0.3) is 5.91 Å². The van der Waals surface area contributed by atoms with Crippen LogP contribution in [0.5, 0.6) is 11.5 Å². The number of hydrogen-bond donors (Lipinski definition) is 1. The van der Waals surface area contributed by atoms with Gasteiger partial charge in [-0.2, -0.15) is 0 Å². The SMILES string of the molecule is CC(C)CCN1CC2N(CC(Cc3ccccc3)C1=O)C(=O)c1sccc1N2C(=O)NCc1ccc2c(c1)OCO2. The Labute approximate surface area is 243 Å². The first-order chi connectivity index (χ1) is 19.9. The molecule has 2 atom stereocenters. The van der Waals surface area contributed by atoms with Crippen LogP contribution in [-0.4, -0.2) is 60.2 Å². The van der Waals surface area contributed by atoms with Crippen molar-refractivity contribution in [3.8, 4) is 11.5 Å². The molecule has 4 amide bonds. The summed E-state index contributed by atoms with van der Waals surface area (Å²) >= 11 is 1.32. The molecule has 0 radical (unpaired) electrons. The number of hydrogen-bond acceptors (Lipinski definition) is 6. The van der Waals surface area contributed by atoms with Crippen LogP contribution in [0.25, 0.3) is 0 Å². The topological polar surface area (TPSA) is 91.4 Å². The van der Waals surface area contributed by atoms with Crippen molar-refractivity contribution in [2.75, 3.05) is 31.3 Å². The van der Waals surface area contributed by atoms with Crippen molar-refractivity contribution in [1.82, 2.24) is 15.1 Å². The van der Waals surface area contributed by atoms with Gasteiger partial charge in [0.05, 0.1) is 18.2 Å². The van der Waals surface area contributed by atoms with E-state index < -0.39 is 12.1 Å². The van der Waals surface area contributed by atoms with Crippen molar-refractivity contribution in [2.45, 2.75) is 39.4 Å². The van der Waals surface area contributed by atoms with Crippen LogP contribution in [-0.2, 0) is 17.8 Å². The van der Waals surface area contributed by atoms with Crippen LogP contribution in [0.2, 0.25) is 0 Å². The number of thiophene rings is 1. The summed E-state index contributed by atoms with van der Waals surface area (Å²) < 4.78 is 10.9. The van der Waals surface area contributed by atoms with Gasteiger partial charge < -0.3 is 24.6 Å². The van der Waals surface area contributed by atoms with E-state index in [2.05, 4.69) is 19.2 Å². The molecule has 4 heterocycles. The molecule has 9 nitrogen and oxygen atoms in total. The van der Waals surface area contributed by atoms with Gasteiger partial charge in [0.2, 0.25) is 12.7 Å². The maximum atomic E-state index is 14.0. The Balaban J connectivity index is 1.30. The number of benzene rings is 2. The van der Waals surface area contributed by atoms with Crippen molar-refractivity contribution in [1.29, 1.82) is 0 Å². The number of carbonyl (C=O) groups excluding carboxylic acids is 3. The van der Waals surface area contributed by atoms with Crippen LogP contribution in [0.4, 0.5) is 10.5 Å². The summed E-state index contributed by atoms with van der Waals surface area (Å²) in [6.45, 7) is 5.81. The Morgan fingerprint density at radius 3 is 2.63 bits per heavy atom. The monoisotopic (exact) mass is 574 g/mol. The van der Waals surface area contributed by atoms with Crippen molar-refractivity contribution in [3.05, 3.63) is 76.0 Å². The lowest BCUT2D eigenvalue weighted by Gasteiger charge is -2.43. The van der Waals surface area contributed by atoms with Crippen LogP contribution in [0.1, 0.15) is 41.1 Å². The van der Waals surface area contributed by atoms with Crippen molar-refractivity contribution in [2.24, 2.45) is 11.8 Å². The Kier molecular flexibility index (Phi) is 7.57. The summed E-state index contributed by atoms with van der Waals surface area (Å²) in [6.07, 6.45) is 0.755. The smallest absolute Gasteiger partial charge is 0.323 e. The molecule has 1 aromatic heterocycles. The van der Waals surface area contributed by atoms with Gasteiger partial charge in [-0.3, -0.25) is 14.5 Å². The summed E-state index contributed by atoms with van der Waals surface area (Å²) in [7, 11) is 0. The van der Waals surface area contributed by atoms with E-state index in [1.807, 2.05) is 64.9 Å². The lowest BCUT2D eigenvalue weighted by atomic mass is 9.97. The minimum absolute atomic E-state index is 0.0285. The third-order valence-corrected chi connectivity index (χ3v) is 8.77. The second kappa shape index (κ2) is 11.4. The molecule has 1 N–H and O–H groups in total. The maximum absolute atomic E-state index is 14.0. The van der Waals surface area contributed by atoms with Crippen molar-refractivity contribution in [3.63, 3.8) is 0 Å². The fourth-order valence-electron chi connectivity index (χ4n) is 5.69. The fourth-order valence-corrected chi connectivity index (χ4v) is 6.53. The Morgan fingerprint density at radius 1 is 1.02 bits per heavy atom. The van der Waals surface area contributed by atoms with Crippen LogP contribution < -0.4 is 19.7 Å². The van der Waals surface area contributed by atoms with E-state index in [0.29, 0.717) is 40.9 Å².